The number of carbonyl (C=O) groups is 1. The topological polar surface area (TPSA) is 41.6 Å². The Morgan fingerprint density at radius 3 is 2.48 bits per heavy atom. The minimum absolute atomic E-state index is 0.0891. The molecule has 0 fully saturated rings. The van der Waals surface area contributed by atoms with Crippen LogP contribution in [-0.4, -0.2) is 44.1 Å². The SMILES string of the molecule is CC(CCN(C)C)NC(=O)c1ccc(-c2ccc(OC(F)F)cc2)s1. The Morgan fingerprint density at radius 1 is 1.20 bits per heavy atom. The molecule has 1 atom stereocenters. The summed E-state index contributed by atoms with van der Waals surface area (Å²) < 4.78 is 28.7. The van der Waals surface area contributed by atoms with Gasteiger partial charge in [-0.05, 0) is 75.9 Å². The molecule has 1 unspecified atom stereocenters. The van der Waals surface area contributed by atoms with Crippen molar-refractivity contribution in [3.8, 4) is 16.2 Å². The molecular weight excluding hydrogens is 346 g/mol. The lowest BCUT2D eigenvalue weighted by Gasteiger charge is -2.16. The smallest absolute Gasteiger partial charge is 0.387 e. The first kappa shape index (κ1) is 19.3. The molecule has 0 bridgehead atoms. The molecule has 1 aromatic carbocycles. The van der Waals surface area contributed by atoms with Crippen LogP contribution >= 0.6 is 11.3 Å². The van der Waals surface area contributed by atoms with Gasteiger partial charge in [0.15, 0.2) is 0 Å². The lowest BCUT2D eigenvalue weighted by Crippen LogP contribution is -2.34. The summed E-state index contributed by atoms with van der Waals surface area (Å²) in [5.74, 6) is 0.0168. The Morgan fingerprint density at radius 2 is 1.88 bits per heavy atom. The van der Waals surface area contributed by atoms with Crippen LogP contribution in [0.4, 0.5) is 8.78 Å². The number of amides is 1. The van der Waals surface area contributed by atoms with Crippen LogP contribution in [-0.2, 0) is 0 Å². The number of alkyl halides is 2. The van der Waals surface area contributed by atoms with Crippen molar-refractivity contribution in [2.24, 2.45) is 0 Å². The van der Waals surface area contributed by atoms with E-state index in [9.17, 15) is 13.6 Å². The molecule has 0 radical (unpaired) electrons. The maximum absolute atomic E-state index is 12.3. The summed E-state index contributed by atoms with van der Waals surface area (Å²) in [6, 6.07) is 10.1. The van der Waals surface area contributed by atoms with E-state index < -0.39 is 6.61 Å². The Labute approximate surface area is 150 Å². The largest absolute Gasteiger partial charge is 0.435 e. The van der Waals surface area contributed by atoms with Gasteiger partial charge in [-0.3, -0.25) is 4.79 Å². The molecule has 2 rings (SSSR count). The number of hydrogen-bond donors (Lipinski definition) is 1. The summed E-state index contributed by atoms with van der Waals surface area (Å²) in [5.41, 5.74) is 0.853. The molecule has 0 aliphatic rings. The molecule has 1 N–H and O–H groups in total. The van der Waals surface area contributed by atoms with E-state index in [4.69, 9.17) is 0 Å². The van der Waals surface area contributed by atoms with E-state index >= 15 is 0 Å². The first-order valence-electron chi connectivity index (χ1n) is 7.96. The standard InChI is InChI=1S/C18H22F2N2O2S/c1-12(10-11-22(2)3)21-17(23)16-9-8-15(25-16)13-4-6-14(7-5-13)24-18(19)20/h4-9,12,18H,10-11H2,1-3H3,(H,21,23). The van der Waals surface area contributed by atoms with Crippen molar-refractivity contribution in [1.82, 2.24) is 10.2 Å². The average Bonchev–Trinajstić information content (AvgIpc) is 3.03. The van der Waals surface area contributed by atoms with Crippen molar-refractivity contribution in [2.45, 2.75) is 26.0 Å². The van der Waals surface area contributed by atoms with E-state index in [2.05, 4.69) is 15.0 Å². The van der Waals surface area contributed by atoms with Crippen LogP contribution in [0.1, 0.15) is 23.0 Å². The predicted octanol–water partition coefficient (Wildman–Crippen LogP) is 4.09. The third-order valence-electron chi connectivity index (χ3n) is 3.58. The molecule has 1 heterocycles. The average molecular weight is 368 g/mol. The third kappa shape index (κ3) is 6.10. The van der Waals surface area contributed by atoms with Crippen LogP contribution < -0.4 is 10.1 Å². The maximum atomic E-state index is 12.3. The number of rotatable bonds is 8. The second-order valence-corrected chi connectivity index (χ2v) is 7.12. The van der Waals surface area contributed by atoms with E-state index in [0.29, 0.717) is 4.88 Å². The van der Waals surface area contributed by atoms with Gasteiger partial charge in [-0.2, -0.15) is 8.78 Å². The van der Waals surface area contributed by atoms with Crippen LogP contribution in [0.25, 0.3) is 10.4 Å². The lowest BCUT2D eigenvalue weighted by molar-refractivity contribution is -0.0498. The number of benzene rings is 1. The number of ether oxygens (including phenoxy) is 1. The molecule has 0 saturated heterocycles. The fourth-order valence-corrected chi connectivity index (χ4v) is 3.15. The molecule has 2 aromatic rings. The number of hydrogen-bond acceptors (Lipinski definition) is 4. The number of carbonyl (C=O) groups excluding carboxylic acids is 1. The highest BCUT2D eigenvalue weighted by Crippen LogP contribution is 2.29. The summed E-state index contributed by atoms with van der Waals surface area (Å²) in [6.07, 6.45) is 0.878. The lowest BCUT2D eigenvalue weighted by atomic mass is 10.2. The zero-order valence-electron chi connectivity index (χ0n) is 14.5. The minimum atomic E-state index is -2.84. The number of thiophene rings is 1. The number of nitrogens with zero attached hydrogens (tertiary/aromatic N) is 1. The molecule has 1 amide bonds. The quantitative estimate of drug-likeness (QED) is 0.763. The van der Waals surface area contributed by atoms with Crippen molar-refractivity contribution < 1.29 is 18.3 Å². The van der Waals surface area contributed by atoms with Gasteiger partial charge in [0, 0.05) is 10.9 Å². The molecule has 0 spiro atoms. The summed E-state index contributed by atoms with van der Waals surface area (Å²) >= 11 is 1.37. The van der Waals surface area contributed by atoms with Gasteiger partial charge in [0.2, 0.25) is 0 Å². The molecule has 0 aliphatic carbocycles. The molecule has 4 nitrogen and oxygen atoms in total. The number of nitrogens with one attached hydrogen (secondary N) is 1. The molecular formula is C18H22F2N2O2S. The highest BCUT2D eigenvalue weighted by atomic mass is 32.1. The Hall–Kier alpha value is -1.99. The molecule has 0 saturated carbocycles. The van der Waals surface area contributed by atoms with Crippen LogP contribution in [0.5, 0.6) is 5.75 Å². The van der Waals surface area contributed by atoms with Gasteiger partial charge in [-0.15, -0.1) is 11.3 Å². The first-order chi connectivity index (χ1) is 11.8. The highest BCUT2D eigenvalue weighted by molar-refractivity contribution is 7.17. The van der Waals surface area contributed by atoms with Gasteiger partial charge in [0.1, 0.15) is 5.75 Å². The summed E-state index contributed by atoms with van der Waals surface area (Å²) in [7, 11) is 4.00. The predicted molar refractivity (Wildman–Crippen MR) is 96.5 cm³/mol. The van der Waals surface area contributed by atoms with E-state index in [0.717, 1.165) is 23.4 Å². The maximum Gasteiger partial charge on any atom is 0.387 e. The summed E-state index contributed by atoms with van der Waals surface area (Å²) in [4.78, 5) is 15.9. The fraction of sp³-hybridized carbons (Fsp3) is 0.389. The molecule has 0 aliphatic heterocycles. The highest BCUT2D eigenvalue weighted by Gasteiger charge is 2.13. The molecule has 136 valence electrons. The Balaban J connectivity index is 1.98. The van der Waals surface area contributed by atoms with Crippen molar-refractivity contribution in [2.75, 3.05) is 20.6 Å². The van der Waals surface area contributed by atoms with Crippen LogP contribution in [0.15, 0.2) is 36.4 Å². The fourth-order valence-electron chi connectivity index (χ4n) is 2.23. The molecule has 1 aromatic heterocycles. The van der Waals surface area contributed by atoms with E-state index in [1.165, 1.54) is 23.5 Å². The minimum Gasteiger partial charge on any atom is -0.435 e. The van der Waals surface area contributed by atoms with Crippen LogP contribution in [0, 0.1) is 0 Å². The molecule has 25 heavy (non-hydrogen) atoms. The van der Waals surface area contributed by atoms with Gasteiger partial charge in [0.25, 0.3) is 5.91 Å². The zero-order chi connectivity index (χ0) is 18.4. The van der Waals surface area contributed by atoms with Crippen molar-refractivity contribution in [3.63, 3.8) is 0 Å². The Bertz CT molecular complexity index is 687. The molecule has 7 heteroatoms. The monoisotopic (exact) mass is 368 g/mol. The second-order valence-electron chi connectivity index (χ2n) is 6.03. The number of halogens is 2. The van der Waals surface area contributed by atoms with Crippen molar-refractivity contribution in [1.29, 1.82) is 0 Å². The van der Waals surface area contributed by atoms with Gasteiger partial charge < -0.3 is 15.0 Å². The van der Waals surface area contributed by atoms with E-state index in [1.54, 1.807) is 18.2 Å². The summed E-state index contributed by atoms with van der Waals surface area (Å²) in [6.45, 7) is 0.0549. The van der Waals surface area contributed by atoms with Crippen molar-refractivity contribution in [3.05, 3.63) is 41.3 Å². The van der Waals surface area contributed by atoms with Gasteiger partial charge in [-0.25, -0.2) is 0 Å². The van der Waals surface area contributed by atoms with Crippen LogP contribution in [0.3, 0.4) is 0 Å². The van der Waals surface area contributed by atoms with Gasteiger partial charge in [-0.1, -0.05) is 0 Å². The van der Waals surface area contributed by atoms with E-state index in [1.807, 2.05) is 27.1 Å². The van der Waals surface area contributed by atoms with Gasteiger partial charge in [0.05, 0.1) is 4.88 Å². The van der Waals surface area contributed by atoms with Crippen molar-refractivity contribution >= 4 is 17.2 Å². The second kappa shape index (κ2) is 8.92. The summed E-state index contributed by atoms with van der Waals surface area (Å²) in [5, 5.41) is 2.99. The zero-order valence-corrected chi connectivity index (χ0v) is 15.3. The first-order valence-corrected chi connectivity index (χ1v) is 8.77. The Kier molecular flexibility index (Phi) is 6.90. The van der Waals surface area contributed by atoms with E-state index in [-0.39, 0.29) is 17.7 Å². The van der Waals surface area contributed by atoms with Crippen LogP contribution in [0.2, 0.25) is 0 Å². The van der Waals surface area contributed by atoms with Gasteiger partial charge >= 0.3 is 6.61 Å². The normalized spacial score (nSPS) is 12.4. The third-order valence-corrected chi connectivity index (χ3v) is 4.71.